The third-order valence-corrected chi connectivity index (χ3v) is 2.68. The molecular weight excluding hydrogens is 214 g/mol. The standard InChI is InChI=1S/C13H15N3O/c1-9-4-3-5-10(2)12(9)13(17)16-8-11-14-6-7-15-11/h3-7H,8H2,1-2H3,(H,14,15)(H,16,17). The number of imidazole rings is 1. The van der Waals surface area contributed by atoms with Gasteiger partial charge in [-0.05, 0) is 25.0 Å². The second kappa shape index (κ2) is 4.82. The van der Waals surface area contributed by atoms with Crippen molar-refractivity contribution in [3.8, 4) is 0 Å². The van der Waals surface area contributed by atoms with Crippen molar-refractivity contribution in [1.82, 2.24) is 15.3 Å². The van der Waals surface area contributed by atoms with Crippen LogP contribution in [0.5, 0.6) is 0 Å². The van der Waals surface area contributed by atoms with Crippen LogP contribution in [0.3, 0.4) is 0 Å². The summed E-state index contributed by atoms with van der Waals surface area (Å²) in [7, 11) is 0. The minimum absolute atomic E-state index is 0.0583. The summed E-state index contributed by atoms with van der Waals surface area (Å²) in [4.78, 5) is 19.0. The van der Waals surface area contributed by atoms with Crippen molar-refractivity contribution in [2.45, 2.75) is 20.4 Å². The second-order valence-corrected chi connectivity index (χ2v) is 3.99. The number of aromatic amines is 1. The zero-order valence-corrected chi connectivity index (χ0v) is 9.95. The molecule has 0 fully saturated rings. The summed E-state index contributed by atoms with van der Waals surface area (Å²) in [5.74, 6) is 0.696. The molecule has 0 saturated carbocycles. The molecule has 0 aliphatic heterocycles. The third-order valence-electron chi connectivity index (χ3n) is 2.68. The molecule has 0 radical (unpaired) electrons. The van der Waals surface area contributed by atoms with Crippen LogP contribution in [0, 0.1) is 13.8 Å². The van der Waals surface area contributed by atoms with E-state index in [9.17, 15) is 4.79 Å². The minimum atomic E-state index is -0.0583. The van der Waals surface area contributed by atoms with Crippen LogP contribution in [0.2, 0.25) is 0 Å². The molecule has 4 nitrogen and oxygen atoms in total. The van der Waals surface area contributed by atoms with E-state index in [0.29, 0.717) is 6.54 Å². The molecule has 0 atom stereocenters. The number of aryl methyl sites for hydroxylation is 2. The Labute approximate surface area is 100 Å². The number of benzene rings is 1. The average Bonchev–Trinajstić information content (AvgIpc) is 2.79. The molecule has 0 saturated heterocycles. The molecule has 17 heavy (non-hydrogen) atoms. The Balaban J connectivity index is 2.10. The van der Waals surface area contributed by atoms with Gasteiger partial charge in [0.15, 0.2) is 0 Å². The van der Waals surface area contributed by atoms with E-state index in [4.69, 9.17) is 0 Å². The fourth-order valence-electron chi connectivity index (χ4n) is 1.82. The molecule has 1 heterocycles. The van der Waals surface area contributed by atoms with Gasteiger partial charge in [0.25, 0.3) is 5.91 Å². The number of rotatable bonds is 3. The van der Waals surface area contributed by atoms with Gasteiger partial charge in [-0.25, -0.2) is 4.98 Å². The second-order valence-electron chi connectivity index (χ2n) is 3.99. The molecule has 0 aliphatic carbocycles. The Hall–Kier alpha value is -2.10. The maximum atomic E-state index is 12.0. The Morgan fingerprint density at radius 2 is 2.06 bits per heavy atom. The van der Waals surface area contributed by atoms with Gasteiger partial charge in [0.1, 0.15) is 5.82 Å². The fourth-order valence-corrected chi connectivity index (χ4v) is 1.82. The van der Waals surface area contributed by atoms with Crippen LogP contribution in [0.15, 0.2) is 30.6 Å². The number of aromatic nitrogens is 2. The lowest BCUT2D eigenvalue weighted by Crippen LogP contribution is -2.25. The molecular formula is C13H15N3O. The van der Waals surface area contributed by atoms with Crippen molar-refractivity contribution in [2.75, 3.05) is 0 Å². The highest BCUT2D eigenvalue weighted by Gasteiger charge is 2.11. The van der Waals surface area contributed by atoms with Crippen LogP contribution in [-0.4, -0.2) is 15.9 Å². The van der Waals surface area contributed by atoms with Crippen molar-refractivity contribution in [3.63, 3.8) is 0 Å². The number of carbonyl (C=O) groups is 1. The Morgan fingerprint density at radius 3 is 2.65 bits per heavy atom. The molecule has 0 bridgehead atoms. The van der Waals surface area contributed by atoms with Gasteiger partial charge in [-0.1, -0.05) is 18.2 Å². The maximum absolute atomic E-state index is 12.0. The predicted octanol–water partition coefficient (Wildman–Crippen LogP) is 1.96. The summed E-state index contributed by atoms with van der Waals surface area (Å²) < 4.78 is 0. The number of nitrogens with zero attached hydrogens (tertiary/aromatic N) is 1. The monoisotopic (exact) mass is 229 g/mol. The minimum Gasteiger partial charge on any atom is -0.347 e. The molecule has 0 unspecified atom stereocenters. The van der Waals surface area contributed by atoms with Crippen molar-refractivity contribution < 1.29 is 4.79 Å². The first-order valence-corrected chi connectivity index (χ1v) is 5.51. The number of hydrogen-bond acceptors (Lipinski definition) is 2. The number of H-pyrrole nitrogens is 1. The number of hydrogen-bond donors (Lipinski definition) is 2. The lowest BCUT2D eigenvalue weighted by molar-refractivity contribution is 0.0948. The van der Waals surface area contributed by atoms with Gasteiger partial charge in [-0.15, -0.1) is 0 Å². The largest absolute Gasteiger partial charge is 0.347 e. The van der Waals surface area contributed by atoms with Gasteiger partial charge in [-0.3, -0.25) is 4.79 Å². The van der Waals surface area contributed by atoms with Crippen LogP contribution in [0.4, 0.5) is 0 Å². The summed E-state index contributed by atoms with van der Waals surface area (Å²) in [6.45, 7) is 4.29. The van der Waals surface area contributed by atoms with E-state index in [-0.39, 0.29) is 5.91 Å². The third kappa shape index (κ3) is 2.53. The molecule has 0 aliphatic rings. The smallest absolute Gasteiger partial charge is 0.252 e. The first-order valence-electron chi connectivity index (χ1n) is 5.51. The zero-order valence-electron chi connectivity index (χ0n) is 9.95. The summed E-state index contributed by atoms with van der Waals surface area (Å²) in [5, 5.41) is 2.85. The summed E-state index contributed by atoms with van der Waals surface area (Å²) >= 11 is 0. The van der Waals surface area contributed by atoms with Crippen LogP contribution in [-0.2, 0) is 6.54 Å². The molecule has 1 aromatic carbocycles. The van der Waals surface area contributed by atoms with Gasteiger partial charge in [-0.2, -0.15) is 0 Å². The summed E-state index contributed by atoms with van der Waals surface area (Å²) in [6.07, 6.45) is 3.40. The maximum Gasteiger partial charge on any atom is 0.252 e. The SMILES string of the molecule is Cc1cccc(C)c1C(=O)NCc1ncc[nH]1. The number of nitrogens with one attached hydrogen (secondary N) is 2. The van der Waals surface area contributed by atoms with E-state index < -0.39 is 0 Å². The average molecular weight is 229 g/mol. The van der Waals surface area contributed by atoms with Gasteiger partial charge in [0.2, 0.25) is 0 Å². The van der Waals surface area contributed by atoms with Crippen LogP contribution in [0.25, 0.3) is 0 Å². The number of amides is 1. The van der Waals surface area contributed by atoms with E-state index in [1.807, 2.05) is 32.0 Å². The topological polar surface area (TPSA) is 57.8 Å². The Morgan fingerprint density at radius 1 is 1.35 bits per heavy atom. The molecule has 1 amide bonds. The summed E-state index contributed by atoms with van der Waals surface area (Å²) in [5.41, 5.74) is 2.72. The van der Waals surface area contributed by atoms with Gasteiger partial charge >= 0.3 is 0 Å². The molecule has 2 N–H and O–H groups in total. The zero-order chi connectivity index (χ0) is 12.3. The van der Waals surface area contributed by atoms with Crippen LogP contribution < -0.4 is 5.32 Å². The molecule has 0 spiro atoms. The lowest BCUT2D eigenvalue weighted by Gasteiger charge is -2.09. The molecule has 1 aromatic heterocycles. The highest BCUT2D eigenvalue weighted by molar-refractivity contribution is 5.96. The molecule has 88 valence electrons. The summed E-state index contributed by atoms with van der Waals surface area (Å²) in [6, 6.07) is 5.83. The van der Waals surface area contributed by atoms with E-state index in [0.717, 1.165) is 22.5 Å². The molecule has 2 aromatic rings. The van der Waals surface area contributed by atoms with E-state index in [1.54, 1.807) is 12.4 Å². The fraction of sp³-hybridized carbons (Fsp3) is 0.231. The quantitative estimate of drug-likeness (QED) is 0.845. The van der Waals surface area contributed by atoms with Gasteiger partial charge in [0.05, 0.1) is 6.54 Å². The van der Waals surface area contributed by atoms with E-state index in [1.165, 1.54) is 0 Å². The highest BCUT2D eigenvalue weighted by atomic mass is 16.1. The Bertz CT molecular complexity index is 497. The Kier molecular flexibility index (Phi) is 3.23. The van der Waals surface area contributed by atoms with Crippen LogP contribution >= 0.6 is 0 Å². The molecule has 4 heteroatoms. The first-order chi connectivity index (χ1) is 8.18. The van der Waals surface area contributed by atoms with Crippen molar-refractivity contribution in [1.29, 1.82) is 0 Å². The number of carbonyl (C=O) groups excluding carboxylic acids is 1. The van der Waals surface area contributed by atoms with Crippen LogP contribution in [0.1, 0.15) is 27.3 Å². The van der Waals surface area contributed by atoms with E-state index in [2.05, 4.69) is 15.3 Å². The van der Waals surface area contributed by atoms with E-state index >= 15 is 0 Å². The highest BCUT2D eigenvalue weighted by Crippen LogP contribution is 2.12. The van der Waals surface area contributed by atoms with Crippen molar-refractivity contribution in [2.24, 2.45) is 0 Å². The van der Waals surface area contributed by atoms with Gasteiger partial charge < -0.3 is 10.3 Å². The van der Waals surface area contributed by atoms with Gasteiger partial charge in [0, 0.05) is 18.0 Å². The lowest BCUT2D eigenvalue weighted by atomic mass is 10.0. The van der Waals surface area contributed by atoms with Crippen molar-refractivity contribution in [3.05, 3.63) is 53.1 Å². The first kappa shape index (κ1) is 11.4. The van der Waals surface area contributed by atoms with Crippen molar-refractivity contribution >= 4 is 5.91 Å². The predicted molar refractivity (Wildman–Crippen MR) is 65.7 cm³/mol. The molecule has 2 rings (SSSR count). The normalized spacial score (nSPS) is 10.2.